The molecule has 1 aromatic heterocycles. The van der Waals surface area contributed by atoms with Crippen LogP contribution < -0.4 is 5.32 Å². The molecule has 0 saturated heterocycles. The van der Waals surface area contributed by atoms with E-state index in [0.29, 0.717) is 24.6 Å². The molecule has 0 spiro atoms. The summed E-state index contributed by atoms with van der Waals surface area (Å²) in [6.45, 7) is 1.71. The molecule has 0 saturated carbocycles. The second-order valence-corrected chi connectivity index (χ2v) is 4.95. The molecule has 3 rings (SSSR count). The summed E-state index contributed by atoms with van der Waals surface area (Å²) in [6, 6.07) is 5.17. The Morgan fingerprint density at radius 3 is 2.95 bits per heavy atom. The van der Waals surface area contributed by atoms with Gasteiger partial charge in [-0.05, 0) is 30.0 Å². The average Bonchev–Trinajstić information content (AvgIpc) is 3.05. The van der Waals surface area contributed by atoms with Crippen molar-refractivity contribution in [1.29, 1.82) is 0 Å². The van der Waals surface area contributed by atoms with E-state index in [9.17, 15) is 13.6 Å². The number of nitrogens with one attached hydrogen (secondary N) is 1. The molecule has 0 radical (unpaired) electrons. The van der Waals surface area contributed by atoms with Crippen LogP contribution in [0.15, 0.2) is 22.7 Å². The van der Waals surface area contributed by atoms with Crippen LogP contribution in [0, 0.1) is 6.92 Å². The fourth-order valence-corrected chi connectivity index (χ4v) is 2.56. The maximum absolute atomic E-state index is 12.3. The Morgan fingerprint density at radius 1 is 1.48 bits per heavy atom. The first kappa shape index (κ1) is 13.7. The molecule has 2 aromatic rings. The van der Waals surface area contributed by atoms with Crippen LogP contribution in [0.4, 0.5) is 8.78 Å². The van der Waals surface area contributed by atoms with Crippen molar-refractivity contribution >= 4 is 5.91 Å². The van der Waals surface area contributed by atoms with Crippen LogP contribution in [0.2, 0.25) is 0 Å². The van der Waals surface area contributed by atoms with Crippen LogP contribution >= 0.6 is 0 Å². The average molecular weight is 293 g/mol. The molecular weight excluding hydrogens is 280 g/mol. The minimum Gasteiger partial charge on any atom is -0.344 e. The summed E-state index contributed by atoms with van der Waals surface area (Å²) < 4.78 is 29.5. The molecule has 7 heteroatoms. The second kappa shape index (κ2) is 5.23. The molecule has 5 nitrogen and oxygen atoms in total. The number of aromatic nitrogens is 2. The number of benzene rings is 1. The van der Waals surface area contributed by atoms with Crippen molar-refractivity contribution in [2.24, 2.45) is 0 Å². The molecule has 1 atom stereocenters. The Kier molecular flexibility index (Phi) is 3.40. The monoisotopic (exact) mass is 293 g/mol. The zero-order valence-corrected chi connectivity index (χ0v) is 11.3. The summed E-state index contributed by atoms with van der Waals surface area (Å²) in [5, 5.41) is 6.21. The van der Waals surface area contributed by atoms with Crippen molar-refractivity contribution in [2.75, 3.05) is 0 Å². The van der Waals surface area contributed by atoms with Crippen LogP contribution in [0.25, 0.3) is 11.4 Å². The van der Waals surface area contributed by atoms with E-state index in [1.807, 2.05) is 12.1 Å². The Labute approximate surface area is 119 Å². The van der Waals surface area contributed by atoms with Crippen LogP contribution in [0.5, 0.6) is 0 Å². The molecule has 0 bridgehead atoms. The first-order chi connectivity index (χ1) is 10.0. The van der Waals surface area contributed by atoms with Gasteiger partial charge in [-0.3, -0.25) is 4.79 Å². The smallest absolute Gasteiger partial charge is 0.315 e. The number of fused-ring (bicyclic) bond motifs is 1. The van der Waals surface area contributed by atoms with E-state index in [4.69, 9.17) is 4.52 Å². The zero-order chi connectivity index (χ0) is 15.0. The lowest BCUT2D eigenvalue weighted by Gasteiger charge is -2.13. The molecule has 110 valence electrons. The summed E-state index contributed by atoms with van der Waals surface area (Å²) >= 11 is 0. The molecule has 1 aliphatic carbocycles. The predicted octanol–water partition coefficient (Wildman–Crippen LogP) is 2.41. The van der Waals surface area contributed by atoms with Crippen LogP contribution in [0.1, 0.15) is 29.5 Å². The first-order valence-electron chi connectivity index (χ1n) is 6.56. The molecule has 21 heavy (non-hydrogen) atoms. The molecule has 1 N–H and O–H groups in total. The molecule has 0 unspecified atom stereocenters. The standard InChI is InChI=1S/C14H13F2N3O2/c1-7-17-13(19-21-7)9-2-4-10-8(6-9)3-5-11(10)18-14(20)12(15)16/h2,4,6,11-12H,3,5H2,1H3,(H,18,20)/t11-/m1/s1. The minimum atomic E-state index is -2.99. The maximum Gasteiger partial charge on any atom is 0.315 e. The van der Waals surface area contributed by atoms with E-state index in [-0.39, 0.29) is 6.04 Å². The highest BCUT2D eigenvalue weighted by Gasteiger charge is 2.27. The highest BCUT2D eigenvalue weighted by Crippen LogP contribution is 2.33. The summed E-state index contributed by atoms with van der Waals surface area (Å²) in [6.07, 6.45) is -1.66. The quantitative estimate of drug-likeness (QED) is 0.943. The Morgan fingerprint density at radius 2 is 2.29 bits per heavy atom. The van der Waals surface area contributed by atoms with Crippen molar-refractivity contribution in [2.45, 2.75) is 32.2 Å². The number of alkyl halides is 2. The maximum atomic E-state index is 12.3. The van der Waals surface area contributed by atoms with E-state index in [1.165, 1.54) is 0 Å². The van der Waals surface area contributed by atoms with Gasteiger partial charge < -0.3 is 9.84 Å². The molecule has 1 amide bonds. The van der Waals surface area contributed by atoms with Gasteiger partial charge in [0.1, 0.15) is 0 Å². The van der Waals surface area contributed by atoms with Crippen molar-refractivity contribution in [3.05, 3.63) is 35.2 Å². The van der Waals surface area contributed by atoms with Gasteiger partial charge in [-0.25, -0.2) is 0 Å². The lowest BCUT2D eigenvalue weighted by Crippen LogP contribution is -2.32. The third kappa shape index (κ3) is 2.63. The highest BCUT2D eigenvalue weighted by atomic mass is 19.3. The van der Waals surface area contributed by atoms with Gasteiger partial charge in [0.25, 0.3) is 5.91 Å². The molecule has 0 fully saturated rings. The van der Waals surface area contributed by atoms with Crippen molar-refractivity contribution in [3.8, 4) is 11.4 Å². The molecule has 0 aliphatic heterocycles. The number of hydrogen-bond acceptors (Lipinski definition) is 4. The summed E-state index contributed by atoms with van der Waals surface area (Å²) in [4.78, 5) is 15.3. The van der Waals surface area contributed by atoms with Gasteiger partial charge in [0.05, 0.1) is 6.04 Å². The summed E-state index contributed by atoms with van der Waals surface area (Å²) in [7, 11) is 0. The number of aryl methyl sites for hydroxylation is 2. The van der Waals surface area contributed by atoms with Gasteiger partial charge in [-0.2, -0.15) is 13.8 Å². The normalized spacial score (nSPS) is 17.0. The van der Waals surface area contributed by atoms with Gasteiger partial charge >= 0.3 is 6.43 Å². The third-order valence-electron chi connectivity index (χ3n) is 3.52. The number of rotatable bonds is 3. The highest BCUT2D eigenvalue weighted by molar-refractivity contribution is 5.79. The Bertz CT molecular complexity index is 685. The number of carbonyl (C=O) groups is 1. The first-order valence-corrected chi connectivity index (χ1v) is 6.56. The van der Waals surface area contributed by atoms with E-state index < -0.39 is 12.3 Å². The summed E-state index contributed by atoms with van der Waals surface area (Å²) in [5.74, 6) is -0.256. The van der Waals surface area contributed by atoms with Gasteiger partial charge in [0.2, 0.25) is 11.7 Å². The molecule has 1 heterocycles. The lowest BCUT2D eigenvalue weighted by molar-refractivity contribution is -0.132. The van der Waals surface area contributed by atoms with Crippen molar-refractivity contribution < 1.29 is 18.1 Å². The predicted molar refractivity (Wildman–Crippen MR) is 69.7 cm³/mol. The van der Waals surface area contributed by atoms with Crippen molar-refractivity contribution in [1.82, 2.24) is 15.5 Å². The van der Waals surface area contributed by atoms with Crippen molar-refractivity contribution in [3.63, 3.8) is 0 Å². The Balaban J connectivity index is 1.83. The molecule has 1 aliphatic rings. The van der Waals surface area contributed by atoms with Gasteiger partial charge in [-0.15, -0.1) is 0 Å². The van der Waals surface area contributed by atoms with Crippen LogP contribution in [0.3, 0.4) is 0 Å². The number of hydrogen-bond donors (Lipinski definition) is 1. The largest absolute Gasteiger partial charge is 0.344 e. The topological polar surface area (TPSA) is 68.0 Å². The Hall–Kier alpha value is -2.31. The fourth-order valence-electron chi connectivity index (χ4n) is 2.56. The molecule has 1 aromatic carbocycles. The van der Waals surface area contributed by atoms with E-state index in [2.05, 4.69) is 15.5 Å². The van der Waals surface area contributed by atoms with E-state index in [0.717, 1.165) is 16.7 Å². The van der Waals surface area contributed by atoms with Gasteiger partial charge in [0, 0.05) is 12.5 Å². The second-order valence-electron chi connectivity index (χ2n) is 4.95. The fraction of sp³-hybridized carbons (Fsp3) is 0.357. The number of halogens is 2. The lowest BCUT2D eigenvalue weighted by atomic mass is 10.0. The van der Waals surface area contributed by atoms with Gasteiger partial charge in [-0.1, -0.05) is 17.3 Å². The van der Waals surface area contributed by atoms with Crippen LogP contribution in [-0.2, 0) is 11.2 Å². The van der Waals surface area contributed by atoms with Gasteiger partial charge in [0.15, 0.2) is 0 Å². The number of nitrogens with zero attached hydrogens (tertiary/aromatic N) is 2. The van der Waals surface area contributed by atoms with E-state index in [1.54, 1.807) is 13.0 Å². The van der Waals surface area contributed by atoms with Crippen LogP contribution in [-0.4, -0.2) is 22.5 Å². The SMILES string of the molecule is Cc1nc(-c2ccc3c(c2)CC[C@H]3NC(=O)C(F)F)no1. The zero-order valence-electron chi connectivity index (χ0n) is 11.3. The summed E-state index contributed by atoms with van der Waals surface area (Å²) in [5.41, 5.74) is 2.69. The third-order valence-corrected chi connectivity index (χ3v) is 3.52. The molecular formula is C14H13F2N3O2. The minimum absolute atomic E-state index is 0.359. The van der Waals surface area contributed by atoms with E-state index >= 15 is 0 Å². The number of carbonyl (C=O) groups excluding carboxylic acids is 1. The number of amides is 1.